The summed E-state index contributed by atoms with van der Waals surface area (Å²) >= 11 is 0. The van der Waals surface area contributed by atoms with E-state index >= 15 is 0 Å². The fourth-order valence-electron chi connectivity index (χ4n) is 0.515. The van der Waals surface area contributed by atoms with Gasteiger partial charge in [0.15, 0.2) is 0 Å². The molecule has 0 aromatic carbocycles. The van der Waals surface area contributed by atoms with Crippen LogP contribution in [0.15, 0.2) is 17.7 Å². The Bertz CT molecular complexity index is 103. The van der Waals surface area contributed by atoms with Crippen LogP contribution in [0.1, 0.15) is 13.3 Å². The molecular formula is C9H17OZr. The van der Waals surface area contributed by atoms with Gasteiger partial charge in [-0.1, -0.05) is 6.92 Å². The topological polar surface area (TPSA) is 20.2 Å². The minimum Gasteiger partial charge on any atom is -0.400 e. The standard InChI is InChI=1S/C6H7.CH4O.2CH3.Zr/c1-6-4-2-3-5-6;1-2;;;/h2,4H,3H2,1H3;2H,1H3;2*1H3;/q-1;;2*-1;+3. The van der Waals surface area contributed by atoms with Gasteiger partial charge < -0.3 is 20.0 Å². The van der Waals surface area contributed by atoms with E-state index in [4.69, 9.17) is 5.11 Å². The van der Waals surface area contributed by atoms with Crippen molar-refractivity contribution >= 4 is 0 Å². The summed E-state index contributed by atoms with van der Waals surface area (Å²) in [5, 5.41) is 7.00. The molecule has 63 valence electrons. The first-order valence-electron chi connectivity index (χ1n) is 2.58. The van der Waals surface area contributed by atoms with E-state index in [9.17, 15) is 0 Å². The zero-order chi connectivity index (χ0) is 6.41. The summed E-state index contributed by atoms with van der Waals surface area (Å²) in [5.74, 6) is 0. The van der Waals surface area contributed by atoms with Gasteiger partial charge in [-0.25, -0.2) is 11.6 Å². The quantitative estimate of drug-likeness (QED) is 0.635. The maximum absolute atomic E-state index is 7.00. The number of rotatable bonds is 0. The molecule has 0 bridgehead atoms. The zero-order valence-corrected chi connectivity index (χ0v) is 10.3. The summed E-state index contributed by atoms with van der Waals surface area (Å²) < 4.78 is 0. The van der Waals surface area contributed by atoms with Crippen molar-refractivity contribution in [2.24, 2.45) is 0 Å². The van der Waals surface area contributed by atoms with Gasteiger partial charge >= 0.3 is 26.2 Å². The minimum absolute atomic E-state index is 0. The molecule has 1 rings (SSSR count). The van der Waals surface area contributed by atoms with E-state index < -0.39 is 0 Å². The summed E-state index contributed by atoms with van der Waals surface area (Å²) in [6.45, 7) is 2.06. The van der Waals surface area contributed by atoms with E-state index in [-0.39, 0.29) is 41.1 Å². The Labute approximate surface area is 90.3 Å². The second-order valence-corrected chi connectivity index (χ2v) is 1.47. The second-order valence-electron chi connectivity index (χ2n) is 1.47. The van der Waals surface area contributed by atoms with Gasteiger partial charge in [0.25, 0.3) is 0 Å². The van der Waals surface area contributed by atoms with Crippen LogP contribution in [0.5, 0.6) is 0 Å². The van der Waals surface area contributed by atoms with Crippen LogP contribution in [-0.4, -0.2) is 12.2 Å². The van der Waals surface area contributed by atoms with Crippen LogP contribution in [0, 0.1) is 20.9 Å². The normalized spacial score (nSPS) is 10.6. The molecule has 0 heterocycles. The smallest absolute Gasteiger partial charge is 0.400 e. The SMILES string of the molecule is CC1=[C-]CC=C1.CO.[CH3-].[CH3-].[Zr+3]. The monoisotopic (exact) mass is 231 g/mol. The van der Waals surface area contributed by atoms with Gasteiger partial charge in [0.2, 0.25) is 0 Å². The first-order chi connectivity index (χ1) is 3.89. The van der Waals surface area contributed by atoms with Crippen LogP contribution in [0.25, 0.3) is 0 Å². The Balaban J connectivity index is -0.0000000459. The van der Waals surface area contributed by atoms with E-state index in [1.165, 1.54) is 5.57 Å². The fourth-order valence-corrected chi connectivity index (χ4v) is 0.515. The third kappa shape index (κ3) is 13.3. The maximum atomic E-state index is 7.00. The molecule has 1 radical (unpaired) electrons. The molecule has 2 heteroatoms. The Morgan fingerprint density at radius 2 is 1.82 bits per heavy atom. The molecule has 0 spiro atoms. The predicted octanol–water partition coefficient (Wildman–Crippen LogP) is 2.20. The average molecular weight is 232 g/mol. The van der Waals surface area contributed by atoms with Crippen LogP contribution >= 0.6 is 0 Å². The van der Waals surface area contributed by atoms with Crippen molar-refractivity contribution in [1.82, 2.24) is 0 Å². The van der Waals surface area contributed by atoms with Crippen molar-refractivity contribution in [3.63, 3.8) is 0 Å². The Kier molecular flexibility index (Phi) is 34.2. The third-order valence-electron chi connectivity index (χ3n) is 0.867. The van der Waals surface area contributed by atoms with Gasteiger partial charge in [0.05, 0.1) is 0 Å². The molecule has 1 N–H and O–H groups in total. The molecule has 1 nitrogen and oxygen atoms in total. The summed E-state index contributed by atoms with van der Waals surface area (Å²) in [4.78, 5) is 0. The van der Waals surface area contributed by atoms with Gasteiger partial charge in [-0.3, -0.25) is 6.08 Å². The largest absolute Gasteiger partial charge is 3.00 e. The molecule has 0 aliphatic heterocycles. The minimum atomic E-state index is 0. The Morgan fingerprint density at radius 1 is 1.36 bits per heavy atom. The van der Waals surface area contributed by atoms with Gasteiger partial charge in [0.1, 0.15) is 0 Å². The van der Waals surface area contributed by atoms with Crippen molar-refractivity contribution in [3.05, 3.63) is 38.7 Å². The summed E-state index contributed by atoms with van der Waals surface area (Å²) in [7, 11) is 1.00. The van der Waals surface area contributed by atoms with E-state index in [0.717, 1.165) is 13.5 Å². The third-order valence-corrected chi connectivity index (χ3v) is 0.867. The maximum Gasteiger partial charge on any atom is 3.00 e. The molecule has 11 heavy (non-hydrogen) atoms. The van der Waals surface area contributed by atoms with Crippen molar-refractivity contribution in [1.29, 1.82) is 0 Å². The van der Waals surface area contributed by atoms with E-state index in [2.05, 4.69) is 25.2 Å². The molecule has 0 atom stereocenters. The number of hydrogen-bond donors (Lipinski definition) is 1. The molecule has 0 aromatic heterocycles. The van der Waals surface area contributed by atoms with Crippen molar-refractivity contribution in [3.8, 4) is 0 Å². The number of aliphatic hydroxyl groups is 1. The summed E-state index contributed by atoms with van der Waals surface area (Å²) in [6.07, 6.45) is 8.33. The van der Waals surface area contributed by atoms with E-state index in [1.54, 1.807) is 0 Å². The van der Waals surface area contributed by atoms with Crippen LogP contribution < -0.4 is 0 Å². The van der Waals surface area contributed by atoms with Crippen LogP contribution in [0.4, 0.5) is 0 Å². The van der Waals surface area contributed by atoms with Gasteiger partial charge in [0, 0.05) is 7.11 Å². The van der Waals surface area contributed by atoms with Crippen molar-refractivity contribution in [2.75, 3.05) is 7.11 Å². The molecule has 0 saturated carbocycles. The zero-order valence-electron chi connectivity index (χ0n) is 7.81. The summed E-state index contributed by atoms with van der Waals surface area (Å²) in [5.41, 5.74) is 1.27. The Hall–Kier alpha value is 0.323. The average Bonchev–Trinajstić information content (AvgIpc) is 2.24. The second kappa shape index (κ2) is 16.7. The molecule has 1 aliphatic rings. The molecule has 0 aromatic rings. The molecular weight excluding hydrogens is 215 g/mol. The summed E-state index contributed by atoms with van der Waals surface area (Å²) in [6, 6.07) is 0. The first-order valence-corrected chi connectivity index (χ1v) is 2.58. The fraction of sp³-hybridized carbons (Fsp3) is 0.333. The number of allylic oxidation sites excluding steroid dienone is 4. The van der Waals surface area contributed by atoms with Crippen LogP contribution in [0.3, 0.4) is 0 Å². The van der Waals surface area contributed by atoms with Crippen molar-refractivity contribution in [2.45, 2.75) is 13.3 Å². The van der Waals surface area contributed by atoms with Crippen LogP contribution in [-0.2, 0) is 26.2 Å². The van der Waals surface area contributed by atoms with Gasteiger partial charge in [-0.15, -0.1) is 6.42 Å². The number of aliphatic hydroxyl groups excluding tert-OH is 1. The van der Waals surface area contributed by atoms with E-state index in [0.29, 0.717) is 0 Å². The molecule has 0 amide bonds. The Morgan fingerprint density at radius 3 is 1.91 bits per heavy atom. The molecule has 0 saturated heterocycles. The first kappa shape index (κ1) is 22.5. The number of hydrogen-bond acceptors (Lipinski definition) is 1. The molecule has 0 unspecified atom stereocenters. The predicted molar refractivity (Wildman–Crippen MR) is 47.2 cm³/mol. The van der Waals surface area contributed by atoms with Gasteiger partial charge in [-0.05, 0) is 0 Å². The van der Waals surface area contributed by atoms with E-state index in [1.807, 2.05) is 0 Å². The van der Waals surface area contributed by atoms with Gasteiger partial charge in [-0.2, -0.15) is 6.08 Å². The van der Waals surface area contributed by atoms with Crippen molar-refractivity contribution < 1.29 is 31.3 Å². The van der Waals surface area contributed by atoms with Crippen LogP contribution in [0.2, 0.25) is 0 Å². The molecule has 1 aliphatic carbocycles. The molecule has 0 fully saturated rings.